The maximum Gasteiger partial charge on any atom is 0.164 e. The third-order valence-electron chi connectivity index (χ3n) is 2.74. The minimum Gasteiger partial charge on any atom is -0.294 e. The zero-order valence-electron chi connectivity index (χ0n) is 9.50. The maximum absolute atomic E-state index is 12.1. The molecule has 78 valence electrons. The molecule has 15 heavy (non-hydrogen) atoms. The van der Waals surface area contributed by atoms with Crippen LogP contribution in [0.4, 0.5) is 0 Å². The van der Waals surface area contributed by atoms with E-state index in [0.29, 0.717) is 0 Å². The molecule has 1 heteroatoms. The molecule has 0 N–H and O–H groups in total. The number of allylic oxidation sites excluding steroid dienone is 1. The Morgan fingerprint density at radius 2 is 1.87 bits per heavy atom. The largest absolute Gasteiger partial charge is 0.294 e. The highest BCUT2D eigenvalue weighted by atomic mass is 16.1. The molecule has 1 aromatic rings. The van der Waals surface area contributed by atoms with Crippen molar-refractivity contribution in [3.63, 3.8) is 0 Å². The second kappa shape index (κ2) is 3.34. The van der Waals surface area contributed by atoms with Gasteiger partial charge in [-0.1, -0.05) is 45.0 Å². The van der Waals surface area contributed by atoms with Gasteiger partial charge in [-0.15, -0.1) is 0 Å². The highest BCUT2D eigenvalue weighted by Gasteiger charge is 2.27. The summed E-state index contributed by atoms with van der Waals surface area (Å²) in [4.78, 5) is 12.1. The van der Waals surface area contributed by atoms with Crippen LogP contribution in [0.1, 0.15) is 31.9 Å². The van der Waals surface area contributed by atoms with Crippen LogP contribution in [0, 0.1) is 5.41 Å². The van der Waals surface area contributed by atoms with E-state index in [1.165, 1.54) is 11.1 Å². The van der Waals surface area contributed by atoms with Gasteiger partial charge in [0, 0.05) is 17.4 Å². The fourth-order valence-electron chi connectivity index (χ4n) is 1.91. The van der Waals surface area contributed by atoms with Gasteiger partial charge in [0.15, 0.2) is 5.78 Å². The van der Waals surface area contributed by atoms with E-state index in [-0.39, 0.29) is 11.2 Å². The minimum atomic E-state index is -0.270. The summed E-state index contributed by atoms with van der Waals surface area (Å²) < 4.78 is 0. The van der Waals surface area contributed by atoms with Gasteiger partial charge in [0.2, 0.25) is 0 Å². The van der Waals surface area contributed by atoms with Crippen molar-refractivity contribution in [2.24, 2.45) is 5.41 Å². The van der Waals surface area contributed by atoms with Crippen LogP contribution in [0.25, 0.3) is 6.08 Å². The Hall–Kier alpha value is -1.37. The van der Waals surface area contributed by atoms with Crippen LogP contribution in [-0.2, 0) is 11.2 Å². The predicted octanol–water partition coefficient (Wildman–Crippen LogP) is 3.24. The van der Waals surface area contributed by atoms with Gasteiger partial charge in [0.05, 0.1) is 0 Å². The molecule has 0 amide bonds. The number of ketones is 1. The first-order valence-corrected chi connectivity index (χ1v) is 5.32. The zero-order chi connectivity index (χ0) is 11.1. The number of Topliss-reactive ketones (excluding diaryl/α,β-unsaturated/α-hetero) is 1. The van der Waals surface area contributed by atoms with E-state index in [4.69, 9.17) is 0 Å². The van der Waals surface area contributed by atoms with Crippen molar-refractivity contribution < 1.29 is 4.79 Å². The van der Waals surface area contributed by atoms with Crippen LogP contribution < -0.4 is 0 Å². The summed E-state index contributed by atoms with van der Waals surface area (Å²) in [5, 5.41) is 0. The van der Waals surface area contributed by atoms with Crippen molar-refractivity contribution in [3.05, 3.63) is 41.0 Å². The maximum atomic E-state index is 12.1. The number of carbonyl (C=O) groups is 1. The van der Waals surface area contributed by atoms with Crippen LogP contribution >= 0.6 is 0 Å². The lowest BCUT2D eigenvalue weighted by Crippen LogP contribution is -2.21. The molecule has 0 spiro atoms. The molecule has 0 radical (unpaired) electrons. The molecule has 0 aromatic heterocycles. The van der Waals surface area contributed by atoms with E-state index in [0.717, 1.165) is 12.0 Å². The lowest BCUT2D eigenvalue weighted by Gasteiger charge is -2.16. The number of rotatable bonds is 1. The Kier molecular flexibility index (Phi) is 2.26. The van der Waals surface area contributed by atoms with Gasteiger partial charge in [0.25, 0.3) is 0 Å². The summed E-state index contributed by atoms with van der Waals surface area (Å²) in [5.41, 5.74) is 3.15. The van der Waals surface area contributed by atoms with Gasteiger partial charge < -0.3 is 0 Å². The fourth-order valence-corrected chi connectivity index (χ4v) is 1.91. The summed E-state index contributed by atoms with van der Waals surface area (Å²) in [7, 11) is 0. The predicted molar refractivity (Wildman–Crippen MR) is 62.6 cm³/mol. The van der Waals surface area contributed by atoms with Crippen LogP contribution in [-0.4, -0.2) is 5.78 Å². The Morgan fingerprint density at radius 3 is 2.47 bits per heavy atom. The van der Waals surface area contributed by atoms with Crippen LogP contribution in [0.2, 0.25) is 0 Å². The number of carbonyl (C=O) groups excluding carboxylic acids is 1. The molecule has 1 nitrogen and oxygen atoms in total. The molecule has 0 saturated heterocycles. The highest BCUT2D eigenvalue weighted by molar-refractivity contribution is 6.04. The van der Waals surface area contributed by atoms with Gasteiger partial charge in [-0.25, -0.2) is 0 Å². The number of hydrogen-bond donors (Lipinski definition) is 0. The summed E-state index contributed by atoms with van der Waals surface area (Å²) in [6, 6.07) is 8.20. The quantitative estimate of drug-likeness (QED) is 0.680. The van der Waals surface area contributed by atoms with Crippen LogP contribution in [0.5, 0.6) is 0 Å². The highest BCUT2D eigenvalue weighted by Crippen LogP contribution is 2.30. The van der Waals surface area contributed by atoms with E-state index in [1.54, 1.807) is 0 Å². The molecule has 0 heterocycles. The van der Waals surface area contributed by atoms with Crippen molar-refractivity contribution in [2.45, 2.75) is 27.2 Å². The molecule has 1 aliphatic carbocycles. The van der Waals surface area contributed by atoms with E-state index < -0.39 is 0 Å². The monoisotopic (exact) mass is 200 g/mol. The second-order valence-electron chi connectivity index (χ2n) is 5.12. The summed E-state index contributed by atoms with van der Waals surface area (Å²) >= 11 is 0. The number of fused-ring (bicyclic) bond motifs is 1. The molecule has 0 bridgehead atoms. The van der Waals surface area contributed by atoms with E-state index >= 15 is 0 Å². The molecular weight excluding hydrogens is 184 g/mol. The molecule has 0 aliphatic heterocycles. The summed E-state index contributed by atoms with van der Waals surface area (Å²) in [6.07, 6.45) is 2.83. The minimum absolute atomic E-state index is 0.263. The first kappa shape index (κ1) is 10.2. The topological polar surface area (TPSA) is 17.1 Å². The van der Waals surface area contributed by atoms with Crippen molar-refractivity contribution in [2.75, 3.05) is 0 Å². The lowest BCUT2D eigenvalue weighted by molar-refractivity contribution is -0.122. The first-order valence-electron chi connectivity index (χ1n) is 5.32. The molecule has 0 atom stereocenters. The first-order chi connectivity index (χ1) is 6.98. The lowest BCUT2D eigenvalue weighted by atomic mass is 9.86. The fraction of sp³-hybridized carbons (Fsp3) is 0.357. The van der Waals surface area contributed by atoms with Crippen molar-refractivity contribution >= 4 is 11.9 Å². The van der Waals surface area contributed by atoms with Gasteiger partial charge in [-0.2, -0.15) is 0 Å². The number of benzene rings is 1. The third-order valence-corrected chi connectivity index (χ3v) is 2.74. The summed E-state index contributed by atoms with van der Waals surface area (Å²) in [6.45, 7) is 5.91. The van der Waals surface area contributed by atoms with Crippen molar-refractivity contribution in [3.8, 4) is 0 Å². The van der Waals surface area contributed by atoms with Gasteiger partial charge >= 0.3 is 0 Å². The normalized spacial score (nSPS) is 14.7. The van der Waals surface area contributed by atoms with Crippen LogP contribution in [0.3, 0.4) is 0 Å². The molecule has 0 saturated carbocycles. The Bertz CT molecular complexity index is 433. The molecule has 0 fully saturated rings. The van der Waals surface area contributed by atoms with Crippen LogP contribution in [0.15, 0.2) is 29.8 Å². The van der Waals surface area contributed by atoms with E-state index in [2.05, 4.69) is 12.1 Å². The average Bonchev–Trinajstić information content (AvgIpc) is 2.58. The zero-order valence-corrected chi connectivity index (χ0v) is 9.50. The molecule has 0 unspecified atom stereocenters. The Morgan fingerprint density at radius 1 is 1.20 bits per heavy atom. The average molecular weight is 200 g/mol. The standard InChI is InChI=1S/C14H16O/c1-14(2,3)13(15)12-8-10-6-4-5-7-11(10)9-12/h4-8H,9H2,1-3H3. The molecule has 1 aliphatic rings. The third kappa shape index (κ3) is 1.87. The molecule has 1 aromatic carbocycles. The molecular formula is C14H16O. The van der Waals surface area contributed by atoms with Gasteiger partial charge in [-0.3, -0.25) is 4.79 Å². The molecule has 2 rings (SSSR count). The Balaban J connectivity index is 2.29. The Labute approximate surface area is 90.8 Å². The van der Waals surface area contributed by atoms with Crippen molar-refractivity contribution in [1.82, 2.24) is 0 Å². The SMILES string of the molecule is CC(C)(C)C(=O)C1=Cc2ccccc2C1. The van der Waals surface area contributed by atoms with Gasteiger partial charge in [-0.05, 0) is 17.2 Å². The van der Waals surface area contributed by atoms with Gasteiger partial charge in [0.1, 0.15) is 0 Å². The smallest absolute Gasteiger partial charge is 0.164 e. The number of hydrogen-bond acceptors (Lipinski definition) is 1. The van der Waals surface area contributed by atoms with E-state index in [9.17, 15) is 4.79 Å². The van der Waals surface area contributed by atoms with Crippen molar-refractivity contribution in [1.29, 1.82) is 0 Å². The van der Waals surface area contributed by atoms with E-state index in [1.807, 2.05) is 39.0 Å². The summed E-state index contributed by atoms with van der Waals surface area (Å²) in [5.74, 6) is 0.263. The second-order valence-corrected chi connectivity index (χ2v) is 5.12.